The molecule has 120 valence electrons. The highest BCUT2D eigenvalue weighted by Gasteiger charge is 2.38. The lowest BCUT2D eigenvalue weighted by atomic mass is 9.81. The van der Waals surface area contributed by atoms with Gasteiger partial charge in [0.05, 0.1) is 5.92 Å². The zero-order chi connectivity index (χ0) is 15.4. The molecule has 1 saturated carbocycles. The summed E-state index contributed by atoms with van der Waals surface area (Å²) in [6, 6.07) is 0. The number of hydrogen-bond acceptors (Lipinski definition) is 2. The van der Waals surface area contributed by atoms with E-state index in [-0.39, 0.29) is 23.7 Å². The molecule has 1 N–H and O–H groups in total. The molecular weight excluding hydrogens is 266 g/mol. The average Bonchev–Trinajstić information content (AvgIpc) is 2.87. The Balaban J connectivity index is 1.92. The van der Waals surface area contributed by atoms with Gasteiger partial charge < -0.3 is 10.0 Å². The number of amides is 1. The molecule has 2 aliphatic rings. The summed E-state index contributed by atoms with van der Waals surface area (Å²) < 4.78 is 0. The van der Waals surface area contributed by atoms with Gasteiger partial charge in [-0.05, 0) is 24.7 Å². The molecule has 1 aliphatic carbocycles. The van der Waals surface area contributed by atoms with Gasteiger partial charge in [-0.15, -0.1) is 0 Å². The Hall–Kier alpha value is -1.06. The summed E-state index contributed by atoms with van der Waals surface area (Å²) >= 11 is 0. The van der Waals surface area contributed by atoms with Gasteiger partial charge in [0.15, 0.2) is 0 Å². The third kappa shape index (κ3) is 3.98. The number of likely N-dealkylation sites (tertiary alicyclic amines) is 1. The zero-order valence-corrected chi connectivity index (χ0v) is 13.4. The maximum absolute atomic E-state index is 12.7. The molecule has 1 heterocycles. The van der Waals surface area contributed by atoms with Crippen molar-refractivity contribution in [1.82, 2.24) is 4.90 Å². The first-order valence-electron chi connectivity index (χ1n) is 8.54. The van der Waals surface area contributed by atoms with Gasteiger partial charge in [0.25, 0.3) is 0 Å². The second-order valence-electron chi connectivity index (χ2n) is 7.01. The van der Waals surface area contributed by atoms with E-state index in [1.165, 1.54) is 32.1 Å². The highest BCUT2D eigenvalue weighted by atomic mass is 16.4. The highest BCUT2D eigenvalue weighted by molar-refractivity contribution is 5.81. The Bertz CT molecular complexity index is 376. The smallest absolute Gasteiger partial charge is 0.308 e. The van der Waals surface area contributed by atoms with Crippen LogP contribution in [0, 0.1) is 23.7 Å². The van der Waals surface area contributed by atoms with Gasteiger partial charge >= 0.3 is 5.97 Å². The molecule has 3 atom stereocenters. The van der Waals surface area contributed by atoms with Crippen molar-refractivity contribution in [3.05, 3.63) is 0 Å². The average molecular weight is 295 g/mol. The van der Waals surface area contributed by atoms with E-state index < -0.39 is 5.97 Å². The maximum Gasteiger partial charge on any atom is 0.308 e. The standard InChI is InChI=1S/C17H29NO3/c1-3-14(9-13-7-5-4-6-8-13)16(19)18-10-12(2)15(11-18)17(20)21/h12-15H,3-11H2,1-2H3,(H,20,21)/t12-,14?,15-/m1/s1. The molecule has 4 nitrogen and oxygen atoms in total. The Kier molecular flexibility index (Phi) is 5.65. The third-order valence-corrected chi connectivity index (χ3v) is 5.43. The van der Waals surface area contributed by atoms with Crippen LogP contribution in [0.4, 0.5) is 0 Å². The number of aliphatic carboxylic acids is 1. The van der Waals surface area contributed by atoms with Crippen molar-refractivity contribution in [3.63, 3.8) is 0 Å². The summed E-state index contributed by atoms with van der Waals surface area (Å²) in [7, 11) is 0. The topological polar surface area (TPSA) is 57.6 Å². The van der Waals surface area contributed by atoms with E-state index >= 15 is 0 Å². The van der Waals surface area contributed by atoms with Gasteiger partial charge in [-0.3, -0.25) is 9.59 Å². The van der Waals surface area contributed by atoms with Crippen molar-refractivity contribution in [1.29, 1.82) is 0 Å². The van der Waals surface area contributed by atoms with Crippen LogP contribution in [-0.4, -0.2) is 35.0 Å². The summed E-state index contributed by atoms with van der Waals surface area (Å²) in [5.74, 6) is -0.104. The number of rotatable bonds is 5. The minimum atomic E-state index is -0.766. The van der Waals surface area contributed by atoms with E-state index in [1.807, 2.05) is 6.92 Å². The van der Waals surface area contributed by atoms with Crippen molar-refractivity contribution in [2.45, 2.75) is 58.8 Å². The van der Waals surface area contributed by atoms with Crippen molar-refractivity contribution >= 4 is 11.9 Å². The quantitative estimate of drug-likeness (QED) is 0.847. The van der Waals surface area contributed by atoms with Gasteiger partial charge in [0, 0.05) is 19.0 Å². The monoisotopic (exact) mass is 295 g/mol. The van der Waals surface area contributed by atoms with Crippen LogP contribution in [0.1, 0.15) is 58.8 Å². The summed E-state index contributed by atoms with van der Waals surface area (Å²) in [6.45, 7) is 5.03. The summed E-state index contributed by atoms with van der Waals surface area (Å²) in [6.07, 6.45) is 8.34. The summed E-state index contributed by atoms with van der Waals surface area (Å²) in [5.41, 5.74) is 0. The lowest BCUT2D eigenvalue weighted by Gasteiger charge is -2.28. The lowest BCUT2D eigenvalue weighted by Crippen LogP contribution is -2.36. The Labute approximate surface area is 127 Å². The first-order chi connectivity index (χ1) is 10.0. The third-order valence-electron chi connectivity index (χ3n) is 5.43. The van der Waals surface area contributed by atoms with Crippen molar-refractivity contribution in [2.24, 2.45) is 23.7 Å². The first kappa shape index (κ1) is 16.3. The molecule has 0 aromatic carbocycles. The number of nitrogens with zero attached hydrogens (tertiary/aromatic N) is 1. The zero-order valence-electron chi connectivity index (χ0n) is 13.4. The molecule has 0 aromatic heterocycles. The van der Waals surface area contributed by atoms with Gasteiger partial charge in [-0.25, -0.2) is 0 Å². The Morgan fingerprint density at radius 3 is 2.38 bits per heavy atom. The van der Waals surface area contributed by atoms with Crippen LogP contribution in [0.2, 0.25) is 0 Å². The molecule has 0 radical (unpaired) electrons. The van der Waals surface area contributed by atoms with Crippen LogP contribution in [0.3, 0.4) is 0 Å². The Morgan fingerprint density at radius 1 is 1.19 bits per heavy atom. The van der Waals surface area contributed by atoms with Gasteiger partial charge in [-0.1, -0.05) is 46.0 Å². The van der Waals surface area contributed by atoms with Crippen molar-refractivity contribution < 1.29 is 14.7 Å². The van der Waals surface area contributed by atoms with Gasteiger partial charge in [0.1, 0.15) is 0 Å². The highest BCUT2D eigenvalue weighted by Crippen LogP contribution is 2.32. The molecule has 2 rings (SSSR count). The molecule has 1 amide bonds. The van der Waals surface area contributed by atoms with Crippen LogP contribution in [-0.2, 0) is 9.59 Å². The first-order valence-corrected chi connectivity index (χ1v) is 8.54. The fraction of sp³-hybridized carbons (Fsp3) is 0.882. The molecule has 0 aromatic rings. The molecular formula is C17H29NO3. The number of hydrogen-bond donors (Lipinski definition) is 1. The molecule has 21 heavy (non-hydrogen) atoms. The SMILES string of the molecule is CCC(CC1CCCCC1)C(=O)N1C[C@@H](C)[C@H](C(=O)O)C1. The molecule has 1 unspecified atom stereocenters. The van der Waals surface area contributed by atoms with Gasteiger partial charge in [0.2, 0.25) is 5.91 Å². The molecule has 0 bridgehead atoms. The van der Waals surface area contributed by atoms with Crippen LogP contribution in [0.15, 0.2) is 0 Å². The molecule has 0 spiro atoms. The second kappa shape index (κ2) is 7.28. The van der Waals surface area contributed by atoms with Crippen LogP contribution < -0.4 is 0 Å². The lowest BCUT2D eigenvalue weighted by molar-refractivity contribution is -0.142. The predicted molar refractivity (Wildman–Crippen MR) is 81.8 cm³/mol. The Morgan fingerprint density at radius 2 is 1.86 bits per heavy atom. The van der Waals surface area contributed by atoms with E-state index in [9.17, 15) is 14.7 Å². The fourth-order valence-electron chi connectivity index (χ4n) is 3.99. The van der Waals surface area contributed by atoms with E-state index in [4.69, 9.17) is 0 Å². The van der Waals surface area contributed by atoms with E-state index in [1.54, 1.807) is 4.90 Å². The number of carbonyl (C=O) groups is 2. The van der Waals surface area contributed by atoms with Gasteiger partial charge in [-0.2, -0.15) is 0 Å². The van der Waals surface area contributed by atoms with E-state index in [0.29, 0.717) is 19.0 Å². The summed E-state index contributed by atoms with van der Waals surface area (Å²) in [4.78, 5) is 25.7. The predicted octanol–water partition coefficient (Wildman–Crippen LogP) is 3.16. The molecule has 1 aliphatic heterocycles. The minimum absolute atomic E-state index is 0.0682. The van der Waals surface area contributed by atoms with Crippen LogP contribution in [0.25, 0.3) is 0 Å². The number of carboxylic acid groups (broad SMARTS) is 1. The molecule has 4 heteroatoms. The van der Waals surface area contributed by atoms with Crippen molar-refractivity contribution in [2.75, 3.05) is 13.1 Å². The fourth-order valence-corrected chi connectivity index (χ4v) is 3.99. The molecule has 2 fully saturated rings. The largest absolute Gasteiger partial charge is 0.481 e. The van der Waals surface area contributed by atoms with Crippen LogP contribution >= 0.6 is 0 Å². The second-order valence-corrected chi connectivity index (χ2v) is 7.01. The minimum Gasteiger partial charge on any atom is -0.481 e. The van der Waals surface area contributed by atoms with Crippen LogP contribution in [0.5, 0.6) is 0 Å². The summed E-state index contributed by atoms with van der Waals surface area (Å²) in [5, 5.41) is 9.20. The normalized spacial score (nSPS) is 28.6. The maximum atomic E-state index is 12.7. The molecule has 1 saturated heterocycles. The van der Waals surface area contributed by atoms with E-state index in [2.05, 4.69) is 6.92 Å². The van der Waals surface area contributed by atoms with Crippen molar-refractivity contribution in [3.8, 4) is 0 Å². The number of carbonyl (C=O) groups excluding carboxylic acids is 1. The number of carboxylic acids is 1. The van der Waals surface area contributed by atoms with E-state index in [0.717, 1.165) is 12.8 Å².